The van der Waals surface area contributed by atoms with Crippen LogP contribution in [0, 0.1) is 0 Å². The van der Waals surface area contributed by atoms with Crippen molar-refractivity contribution in [2.75, 3.05) is 33.3 Å². The highest BCUT2D eigenvalue weighted by atomic mass is 32.1. The lowest BCUT2D eigenvalue weighted by atomic mass is 10.2. The number of thiophene rings is 1. The topological polar surface area (TPSA) is 78.9 Å². The Balaban J connectivity index is 1.91. The first kappa shape index (κ1) is 15.7. The molecule has 6 nitrogen and oxygen atoms in total. The number of carboxylic acid groups (broad SMARTS) is 1. The third-order valence-electron chi connectivity index (χ3n) is 3.14. The summed E-state index contributed by atoms with van der Waals surface area (Å²) in [4.78, 5) is 25.3. The summed E-state index contributed by atoms with van der Waals surface area (Å²) in [6, 6.07) is 1.73. The van der Waals surface area contributed by atoms with Gasteiger partial charge in [-0.3, -0.25) is 4.79 Å². The van der Waals surface area contributed by atoms with Crippen molar-refractivity contribution in [2.24, 2.45) is 0 Å². The van der Waals surface area contributed by atoms with Crippen molar-refractivity contribution < 1.29 is 19.4 Å². The van der Waals surface area contributed by atoms with E-state index in [0.717, 1.165) is 19.2 Å². The molecule has 21 heavy (non-hydrogen) atoms. The van der Waals surface area contributed by atoms with Gasteiger partial charge in [-0.1, -0.05) is 0 Å². The van der Waals surface area contributed by atoms with Crippen LogP contribution in [0.25, 0.3) is 6.08 Å². The molecule has 0 radical (unpaired) electrons. The number of likely N-dealkylation sites (N-methyl/N-ethyl adjacent to an activating group) is 1. The zero-order chi connectivity index (χ0) is 15.2. The molecule has 1 aliphatic heterocycles. The summed E-state index contributed by atoms with van der Waals surface area (Å²) in [6.45, 7) is 2.81. The fraction of sp³-hybridized carbons (Fsp3) is 0.429. The van der Waals surface area contributed by atoms with Gasteiger partial charge in [0.1, 0.15) is 0 Å². The molecule has 0 aliphatic carbocycles. The number of hydrogen-bond donors (Lipinski definition) is 2. The first-order chi connectivity index (χ1) is 10.1. The second-order valence-corrected chi connectivity index (χ2v) is 5.76. The summed E-state index contributed by atoms with van der Waals surface area (Å²) in [6.07, 6.45) is 2.45. The molecule has 0 bridgehead atoms. The Morgan fingerprint density at radius 2 is 2.43 bits per heavy atom. The van der Waals surface area contributed by atoms with Crippen molar-refractivity contribution in [3.63, 3.8) is 0 Å². The maximum absolute atomic E-state index is 12.1. The average Bonchev–Trinajstić information content (AvgIpc) is 2.91. The number of carbonyl (C=O) groups excluding carboxylic acids is 1. The van der Waals surface area contributed by atoms with Gasteiger partial charge in [0.2, 0.25) is 0 Å². The molecule has 1 atom stereocenters. The van der Waals surface area contributed by atoms with E-state index in [1.165, 1.54) is 17.4 Å². The number of ether oxygens (including phenoxy) is 1. The number of amides is 1. The van der Waals surface area contributed by atoms with E-state index in [1.54, 1.807) is 11.4 Å². The van der Waals surface area contributed by atoms with Crippen molar-refractivity contribution in [1.29, 1.82) is 0 Å². The first-order valence-electron chi connectivity index (χ1n) is 6.63. The van der Waals surface area contributed by atoms with Gasteiger partial charge >= 0.3 is 5.97 Å². The standard InChI is InChI=1S/C14H18N2O4S/c1-16-5-6-20-11(9-16)8-15-14(19)13-10(4-7-21-13)2-3-12(17)18/h2-4,7,11H,5-6,8-9H2,1H3,(H,15,19)(H,17,18). The lowest BCUT2D eigenvalue weighted by Crippen LogP contribution is -2.45. The number of nitrogens with one attached hydrogen (secondary N) is 1. The summed E-state index contributed by atoms with van der Waals surface area (Å²) in [7, 11) is 2.02. The lowest BCUT2D eigenvalue weighted by molar-refractivity contribution is -0.131. The minimum atomic E-state index is -1.04. The van der Waals surface area contributed by atoms with Gasteiger partial charge in [-0.2, -0.15) is 0 Å². The van der Waals surface area contributed by atoms with Gasteiger partial charge in [-0.05, 0) is 30.1 Å². The van der Waals surface area contributed by atoms with Gasteiger partial charge in [0.05, 0.1) is 17.6 Å². The highest BCUT2D eigenvalue weighted by Crippen LogP contribution is 2.18. The molecule has 2 N–H and O–H groups in total. The van der Waals surface area contributed by atoms with Crippen LogP contribution in [-0.2, 0) is 9.53 Å². The number of carbonyl (C=O) groups is 2. The van der Waals surface area contributed by atoms with Crippen molar-refractivity contribution in [2.45, 2.75) is 6.10 Å². The van der Waals surface area contributed by atoms with E-state index in [0.29, 0.717) is 23.6 Å². The zero-order valence-corrected chi connectivity index (χ0v) is 12.6. The van der Waals surface area contributed by atoms with Crippen LogP contribution in [0.15, 0.2) is 17.5 Å². The fourth-order valence-electron chi connectivity index (χ4n) is 2.07. The molecule has 1 saturated heterocycles. The number of hydrogen-bond acceptors (Lipinski definition) is 5. The van der Waals surface area contributed by atoms with Crippen molar-refractivity contribution >= 4 is 29.3 Å². The predicted molar refractivity (Wildman–Crippen MR) is 80.6 cm³/mol. The first-order valence-corrected chi connectivity index (χ1v) is 7.51. The van der Waals surface area contributed by atoms with Crippen molar-refractivity contribution in [3.05, 3.63) is 28.0 Å². The smallest absolute Gasteiger partial charge is 0.328 e. The molecule has 1 aromatic heterocycles. The number of carboxylic acids is 1. The molecule has 1 aliphatic rings. The molecule has 1 aromatic rings. The molecule has 114 valence electrons. The van der Waals surface area contributed by atoms with Crippen LogP contribution in [0.5, 0.6) is 0 Å². The lowest BCUT2D eigenvalue weighted by Gasteiger charge is -2.30. The van der Waals surface area contributed by atoms with Crippen LogP contribution in [0.4, 0.5) is 0 Å². The minimum Gasteiger partial charge on any atom is -0.478 e. The number of nitrogens with zero attached hydrogens (tertiary/aromatic N) is 1. The Kier molecular flexibility index (Phi) is 5.49. The Bertz CT molecular complexity index is 541. The molecular formula is C14H18N2O4S. The van der Waals surface area contributed by atoms with E-state index in [-0.39, 0.29) is 12.0 Å². The molecule has 0 aromatic carbocycles. The predicted octanol–water partition coefficient (Wildman–Crippen LogP) is 0.906. The van der Waals surface area contributed by atoms with Crippen molar-refractivity contribution in [1.82, 2.24) is 10.2 Å². The number of morpholine rings is 1. The highest BCUT2D eigenvalue weighted by molar-refractivity contribution is 7.12. The maximum Gasteiger partial charge on any atom is 0.328 e. The summed E-state index contributed by atoms with van der Waals surface area (Å²) >= 11 is 1.29. The third kappa shape index (κ3) is 4.66. The summed E-state index contributed by atoms with van der Waals surface area (Å²) in [5.41, 5.74) is 0.613. The van der Waals surface area contributed by atoms with Crippen LogP contribution in [-0.4, -0.2) is 61.3 Å². The molecule has 2 rings (SSSR count). The van der Waals surface area contributed by atoms with Crippen LogP contribution in [0.1, 0.15) is 15.2 Å². The normalized spacial score (nSPS) is 19.8. The summed E-state index contributed by atoms with van der Waals surface area (Å²) in [5, 5.41) is 13.2. The largest absolute Gasteiger partial charge is 0.478 e. The van der Waals surface area contributed by atoms with Crippen LogP contribution in [0.3, 0.4) is 0 Å². The van der Waals surface area contributed by atoms with Gasteiger partial charge in [-0.15, -0.1) is 11.3 Å². The van der Waals surface area contributed by atoms with Gasteiger partial charge in [-0.25, -0.2) is 4.79 Å². The van der Waals surface area contributed by atoms with Crippen LogP contribution < -0.4 is 5.32 Å². The van der Waals surface area contributed by atoms with Gasteiger partial charge in [0.25, 0.3) is 5.91 Å². The molecule has 0 spiro atoms. The molecule has 1 fully saturated rings. The number of rotatable bonds is 5. The van der Waals surface area contributed by atoms with E-state index in [9.17, 15) is 9.59 Å². The molecule has 1 amide bonds. The maximum atomic E-state index is 12.1. The van der Waals surface area contributed by atoms with E-state index in [1.807, 2.05) is 7.05 Å². The van der Waals surface area contributed by atoms with Gasteiger partial charge in [0.15, 0.2) is 0 Å². The molecule has 1 unspecified atom stereocenters. The SMILES string of the molecule is CN1CCOC(CNC(=O)c2sccc2C=CC(=O)O)C1. The summed E-state index contributed by atoms with van der Waals surface area (Å²) in [5.74, 6) is -1.24. The Labute approximate surface area is 127 Å². The Morgan fingerprint density at radius 3 is 3.14 bits per heavy atom. The third-order valence-corrected chi connectivity index (χ3v) is 4.07. The minimum absolute atomic E-state index is 0.00864. The molecule has 0 saturated carbocycles. The second-order valence-electron chi connectivity index (χ2n) is 4.84. The monoisotopic (exact) mass is 310 g/mol. The average molecular weight is 310 g/mol. The Morgan fingerprint density at radius 1 is 1.62 bits per heavy atom. The molecule has 7 heteroatoms. The molecular weight excluding hydrogens is 292 g/mol. The van der Waals surface area contributed by atoms with E-state index >= 15 is 0 Å². The zero-order valence-electron chi connectivity index (χ0n) is 11.7. The summed E-state index contributed by atoms with van der Waals surface area (Å²) < 4.78 is 5.58. The van der Waals surface area contributed by atoms with Gasteiger partial charge < -0.3 is 20.1 Å². The van der Waals surface area contributed by atoms with Crippen LogP contribution >= 0.6 is 11.3 Å². The molecule has 2 heterocycles. The van der Waals surface area contributed by atoms with Crippen LogP contribution in [0.2, 0.25) is 0 Å². The number of aliphatic carboxylic acids is 1. The van der Waals surface area contributed by atoms with Gasteiger partial charge in [0, 0.05) is 25.7 Å². The Hall–Kier alpha value is -1.70. The second kappa shape index (κ2) is 7.35. The van der Waals surface area contributed by atoms with E-state index in [4.69, 9.17) is 9.84 Å². The van der Waals surface area contributed by atoms with E-state index in [2.05, 4.69) is 10.2 Å². The van der Waals surface area contributed by atoms with Crippen molar-refractivity contribution in [3.8, 4) is 0 Å². The highest BCUT2D eigenvalue weighted by Gasteiger charge is 2.19. The van der Waals surface area contributed by atoms with E-state index < -0.39 is 5.97 Å². The fourth-order valence-corrected chi connectivity index (χ4v) is 2.88. The quantitative estimate of drug-likeness (QED) is 0.790.